The number of rotatable bonds is 11. The number of ether oxygens (including phenoxy) is 4. The Balaban J connectivity index is 1.79. The van der Waals surface area contributed by atoms with Crippen LogP contribution < -0.4 is 27.8 Å². The van der Waals surface area contributed by atoms with Crippen LogP contribution in [0.5, 0.6) is 0 Å². The topological polar surface area (TPSA) is 276 Å². The quantitative estimate of drug-likeness (QED) is 0.0776. The highest BCUT2D eigenvalue weighted by molar-refractivity contribution is 5.84. The molecule has 16 nitrogen and oxygen atoms in total. The summed E-state index contributed by atoms with van der Waals surface area (Å²) in [7, 11) is 1.54. The summed E-state index contributed by atoms with van der Waals surface area (Å²) in [4.78, 5) is 3.65. The highest BCUT2D eigenvalue weighted by Crippen LogP contribution is 2.32. The van der Waals surface area contributed by atoms with E-state index < -0.39 is 104 Å². The Labute approximate surface area is 242 Å². The van der Waals surface area contributed by atoms with Crippen LogP contribution in [0, 0.1) is 5.41 Å². The van der Waals surface area contributed by atoms with Crippen LogP contribution in [0.1, 0.15) is 26.2 Å². The van der Waals surface area contributed by atoms with E-state index in [1.54, 1.807) is 7.05 Å². The number of halogens is 2. The molecule has 1 aliphatic carbocycles. The van der Waals surface area contributed by atoms with E-state index in [2.05, 4.69) is 15.6 Å². The standard InChI is InChI=1S/C24H45F2N7O9/c1-24(38)8-39-23(15(37)18(24)31-2)42-17-12(33-20(29)13(35)7-34)5-11(28)16(14(17)36)41-22-10(27)4-3-9(40-22)6-32-21(30)19(25)26/h9-19,22-23,31,34-38H,3-8,27-28H2,1-2H3,(H2,29,33)(H2,30,32)/t9-,10?,11-,12+,13?,14?,15?,16-,17?,18+,22+,23+,24?/m0/s1. The number of alkyl halides is 2. The van der Waals surface area contributed by atoms with Gasteiger partial charge in [0.15, 0.2) is 18.4 Å². The maximum atomic E-state index is 12.7. The molecule has 2 saturated heterocycles. The summed E-state index contributed by atoms with van der Waals surface area (Å²) in [6.07, 6.45) is -12.0. The zero-order valence-electron chi connectivity index (χ0n) is 23.6. The van der Waals surface area contributed by atoms with Crippen molar-refractivity contribution in [2.45, 2.75) is 112 Å². The summed E-state index contributed by atoms with van der Waals surface area (Å²) >= 11 is 0. The summed E-state index contributed by atoms with van der Waals surface area (Å²) in [5, 5.41) is 65.7. The molecule has 0 radical (unpaired) electrons. The fourth-order valence-electron chi connectivity index (χ4n) is 5.42. The molecular formula is C24H45F2N7O9. The van der Waals surface area contributed by atoms with Crippen LogP contribution in [0.15, 0.2) is 4.99 Å². The van der Waals surface area contributed by atoms with Crippen LogP contribution >= 0.6 is 0 Å². The first-order chi connectivity index (χ1) is 19.7. The van der Waals surface area contributed by atoms with Crippen LogP contribution in [-0.2, 0) is 18.9 Å². The molecule has 0 amide bonds. The zero-order valence-corrected chi connectivity index (χ0v) is 23.6. The van der Waals surface area contributed by atoms with E-state index in [1.807, 2.05) is 0 Å². The van der Waals surface area contributed by atoms with E-state index >= 15 is 0 Å². The lowest BCUT2D eigenvalue weighted by Gasteiger charge is -2.49. The minimum Gasteiger partial charge on any atom is -0.393 e. The predicted molar refractivity (Wildman–Crippen MR) is 144 cm³/mol. The fraction of sp³-hybridized carbons (Fsp3) is 0.917. The van der Waals surface area contributed by atoms with Gasteiger partial charge in [-0.1, -0.05) is 0 Å². The highest BCUT2D eigenvalue weighted by atomic mass is 19.3. The molecule has 14 N–H and O–H groups in total. The monoisotopic (exact) mass is 613 g/mol. The molecule has 42 heavy (non-hydrogen) atoms. The van der Waals surface area contributed by atoms with Gasteiger partial charge >= 0.3 is 0 Å². The Morgan fingerprint density at radius 3 is 2.43 bits per heavy atom. The third kappa shape index (κ3) is 8.27. The zero-order chi connectivity index (χ0) is 31.4. The van der Waals surface area contributed by atoms with Gasteiger partial charge < -0.3 is 72.3 Å². The predicted octanol–water partition coefficient (Wildman–Crippen LogP) is -4.35. The summed E-state index contributed by atoms with van der Waals surface area (Å²) in [5.41, 5.74) is 16.3. The summed E-state index contributed by atoms with van der Waals surface area (Å²) in [6.45, 7) is 0.368. The number of nitrogens with zero attached hydrogens (tertiary/aromatic N) is 1. The Kier molecular flexibility index (Phi) is 12.3. The van der Waals surface area contributed by atoms with Crippen molar-refractivity contribution >= 4 is 11.7 Å². The van der Waals surface area contributed by atoms with Gasteiger partial charge in [-0.3, -0.25) is 10.4 Å². The number of amidine groups is 2. The summed E-state index contributed by atoms with van der Waals surface area (Å²) in [5.74, 6) is -1.28. The second-order valence-electron chi connectivity index (χ2n) is 11.2. The van der Waals surface area contributed by atoms with Crippen LogP contribution in [0.4, 0.5) is 8.78 Å². The SMILES string of the molecule is CN[C@@H]1C(O)[C@@H](OC2C(O)[C@@H](O[C@H]3O[C@H](CN=C(N)C(F)F)CCC3N)[C@@H](N)C[C@H]2NC(=N)C(O)CO)OCC1(C)O. The molecule has 2 aliphatic heterocycles. The van der Waals surface area contributed by atoms with E-state index in [0.29, 0.717) is 12.8 Å². The van der Waals surface area contributed by atoms with E-state index in [1.165, 1.54) is 6.92 Å². The van der Waals surface area contributed by atoms with Crippen molar-refractivity contribution in [3.63, 3.8) is 0 Å². The average Bonchev–Trinajstić information content (AvgIpc) is 2.93. The first-order valence-electron chi connectivity index (χ1n) is 13.8. The number of aliphatic hydroxyl groups is 5. The van der Waals surface area contributed by atoms with Gasteiger partial charge in [0.25, 0.3) is 6.43 Å². The number of nitrogens with two attached hydrogens (primary N) is 3. The van der Waals surface area contributed by atoms with Crippen LogP contribution in [0.3, 0.4) is 0 Å². The van der Waals surface area contributed by atoms with Gasteiger partial charge in [0.1, 0.15) is 42.0 Å². The molecule has 1 saturated carbocycles. The van der Waals surface area contributed by atoms with Crippen LogP contribution in [0.2, 0.25) is 0 Å². The molecule has 3 rings (SSSR count). The third-order valence-electron chi connectivity index (χ3n) is 7.79. The fourth-order valence-corrected chi connectivity index (χ4v) is 5.42. The van der Waals surface area contributed by atoms with Crippen molar-refractivity contribution < 1.29 is 53.3 Å². The Hall–Kier alpha value is -1.68. The molecule has 18 heteroatoms. The van der Waals surface area contributed by atoms with Gasteiger partial charge in [-0.05, 0) is 33.2 Å². The van der Waals surface area contributed by atoms with Gasteiger partial charge in [0.05, 0.1) is 44.0 Å². The number of likely N-dealkylation sites (N-methyl/N-ethyl adjacent to an activating group) is 1. The van der Waals surface area contributed by atoms with Crippen molar-refractivity contribution in [3.8, 4) is 0 Å². The van der Waals surface area contributed by atoms with Crippen molar-refractivity contribution in [3.05, 3.63) is 0 Å². The molecule has 0 spiro atoms. The summed E-state index contributed by atoms with van der Waals surface area (Å²) < 4.78 is 48.9. The number of aliphatic imine (C=N–C) groups is 1. The van der Waals surface area contributed by atoms with Crippen molar-refractivity contribution in [2.24, 2.45) is 22.2 Å². The summed E-state index contributed by atoms with van der Waals surface area (Å²) in [6, 6.07) is -3.32. The first kappa shape index (κ1) is 34.8. The second kappa shape index (κ2) is 14.9. The Morgan fingerprint density at radius 1 is 1.14 bits per heavy atom. The van der Waals surface area contributed by atoms with Crippen LogP contribution in [-0.4, -0.2) is 149 Å². The molecule has 0 bridgehead atoms. The third-order valence-corrected chi connectivity index (χ3v) is 7.79. The highest BCUT2D eigenvalue weighted by Gasteiger charge is 2.51. The van der Waals surface area contributed by atoms with Crippen LogP contribution in [0.25, 0.3) is 0 Å². The molecule has 3 fully saturated rings. The van der Waals surface area contributed by atoms with Gasteiger partial charge in [-0.2, -0.15) is 0 Å². The second-order valence-corrected chi connectivity index (χ2v) is 11.2. The Morgan fingerprint density at radius 2 is 1.81 bits per heavy atom. The van der Waals surface area contributed by atoms with Gasteiger partial charge in [-0.15, -0.1) is 0 Å². The number of aliphatic hydroxyl groups excluding tert-OH is 4. The number of hydrogen-bond acceptors (Lipinski definition) is 14. The van der Waals surface area contributed by atoms with E-state index in [4.69, 9.17) is 41.6 Å². The first-order valence-corrected chi connectivity index (χ1v) is 13.8. The van der Waals surface area contributed by atoms with E-state index in [-0.39, 0.29) is 19.6 Å². The lowest BCUT2D eigenvalue weighted by Crippen LogP contribution is -2.69. The molecule has 6 unspecified atom stereocenters. The molecule has 2 heterocycles. The smallest absolute Gasteiger partial charge is 0.294 e. The Bertz CT molecular complexity index is 924. The van der Waals surface area contributed by atoms with Crippen molar-refractivity contribution in [1.29, 1.82) is 5.41 Å². The molecule has 0 aromatic carbocycles. The minimum absolute atomic E-state index is 0.0174. The van der Waals surface area contributed by atoms with Gasteiger partial charge in [-0.25, -0.2) is 8.78 Å². The largest absolute Gasteiger partial charge is 0.393 e. The maximum Gasteiger partial charge on any atom is 0.294 e. The van der Waals surface area contributed by atoms with Gasteiger partial charge in [0.2, 0.25) is 0 Å². The van der Waals surface area contributed by atoms with E-state index in [9.17, 15) is 34.3 Å². The van der Waals surface area contributed by atoms with Crippen molar-refractivity contribution in [1.82, 2.24) is 10.6 Å². The number of nitrogens with one attached hydrogen (secondary N) is 3. The number of hydrogen-bond donors (Lipinski definition) is 11. The molecule has 3 aliphatic rings. The molecule has 0 aromatic rings. The normalized spacial score (nSPS) is 42.4. The molecular weight excluding hydrogens is 568 g/mol. The molecule has 0 aromatic heterocycles. The lowest BCUT2D eigenvalue weighted by atomic mass is 9.83. The van der Waals surface area contributed by atoms with Gasteiger partial charge in [0, 0.05) is 6.04 Å². The van der Waals surface area contributed by atoms with Crippen molar-refractivity contribution in [2.75, 3.05) is 26.8 Å². The van der Waals surface area contributed by atoms with E-state index in [0.717, 1.165) is 0 Å². The minimum atomic E-state index is -2.90. The average molecular weight is 614 g/mol. The molecule has 13 atom stereocenters. The maximum absolute atomic E-state index is 12.7. The molecule has 244 valence electrons. The lowest BCUT2D eigenvalue weighted by molar-refractivity contribution is -0.307.